The zero-order valence-corrected chi connectivity index (χ0v) is 70.7. The van der Waals surface area contributed by atoms with E-state index >= 15 is 0 Å². The molecule has 0 amide bonds. The number of nitrogens with one attached hydrogen (secondary N) is 1. The molecule has 6 nitrogen and oxygen atoms in total. The molecule has 23 aromatic rings. The summed E-state index contributed by atoms with van der Waals surface area (Å²) in [4.78, 5) is 4.86. The van der Waals surface area contributed by atoms with Gasteiger partial charge in [-0.05, 0) is 229 Å². The van der Waals surface area contributed by atoms with Crippen LogP contribution in [0.3, 0.4) is 0 Å². The van der Waals surface area contributed by atoms with E-state index in [-0.39, 0.29) is 0 Å². The normalized spacial score (nSPS) is 11.3. The molecular weight excluding hydrogens is 1650 g/mol. The SMILES string of the molecule is Brc1cc(Br)c2oc3cccc(-c4ccc5c6ccccc6n(-c6ccccc6)c5c4)c3c2c1.c1ccc(-c2ccc(N(c3ccccc3)c3cc(N(c4ccccc4)c4ccc(-c5ccccc5)cc4)c4sc5cccc(-c6ccc7c8ccccc8n(-c8ccccc8)c7c6)c5c4c3)cc2)cc1.c1ccc(Nc2ccc(-c3ccccc3)cc2)cc1. The van der Waals surface area contributed by atoms with Crippen LogP contribution < -0.4 is 15.1 Å². The number of halogens is 2. The minimum absolute atomic E-state index is 0.866. The second kappa shape index (κ2) is 33.4. The number of benzene rings is 19. The molecule has 19 aromatic carbocycles. The predicted molar refractivity (Wildman–Crippen MR) is 530 cm³/mol. The molecule has 9 heteroatoms. The van der Waals surface area contributed by atoms with Gasteiger partial charge < -0.3 is 28.7 Å². The third-order valence-electron chi connectivity index (χ3n) is 23.1. The summed E-state index contributed by atoms with van der Waals surface area (Å²) in [6, 6.07) is 165. The van der Waals surface area contributed by atoms with E-state index in [9.17, 15) is 0 Å². The van der Waals surface area contributed by atoms with Crippen LogP contribution in [0, 0.1) is 0 Å². The maximum atomic E-state index is 6.26. The molecule has 0 saturated heterocycles. The van der Waals surface area contributed by atoms with Gasteiger partial charge >= 0.3 is 0 Å². The maximum absolute atomic E-state index is 6.26. The van der Waals surface area contributed by atoms with Crippen molar-refractivity contribution in [2.45, 2.75) is 0 Å². The Kier molecular flexibility index (Phi) is 20.5. The van der Waals surface area contributed by atoms with E-state index in [1.807, 2.05) is 47.7 Å². The van der Waals surface area contributed by atoms with E-state index in [1.54, 1.807) is 0 Å². The second-order valence-electron chi connectivity index (χ2n) is 30.6. The van der Waals surface area contributed by atoms with Crippen molar-refractivity contribution in [3.05, 3.63) is 470 Å². The fourth-order valence-electron chi connectivity index (χ4n) is 17.5. The van der Waals surface area contributed by atoms with Crippen molar-refractivity contribution >= 4 is 174 Å². The molecule has 4 aromatic heterocycles. The molecule has 1 N–H and O–H groups in total. The summed E-state index contributed by atoms with van der Waals surface area (Å²) in [6.07, 6.45) is 0. The van der Waals surface area contributed by atoms with Gasteiger partial charge in [-0.25, -0.2) is 0 Å². The highest BCUT2D eigenvalue weighted by atomic mass is 79.9. The zero-order chi connectivity index (χ0) is 82.1. The van der Waals surface area contributed by atoms with Gasteiger partial charge in [-0.15, -0.1) is 11.3 Å². The fourth-order valence-corrected chi connectivity index (χ4v) is 20.0. The Morgan fingerprint density at radius 2 is 0.650 bits per heavy atom. The number of furan rings is 1. The van der Waals surface area contributed by atoms with Crippen LogP contribution >= 0.6 is 43.2 Å². The van der Waals surface area contributed by atoms with Crippen LogP contribution in [0.25, 0.3) is 153 Å². The first kappa shape index (κ1) is 75.6. The lowest BCUT2D eigenvalue weighted by Crippen LogP contribution is -2.13. The Morgan fingerprint density at radius 3 is 1.16 bits per heavy atom. The topological polar surface area (TPSA) is 41.5 Å². The summed E-state index contributed by atoms with van der Waals surface area (Å²) in [5.74, 6) is 0. The number of hydrogen-bond acceptors (Lipinski definition) is 5. The number of nitrogens with zero attached hydrogens (tertiary/aromatic N) is 4. The molecule has 0 aliphatic rings. The van der Waals surface area contributed by atoms with Gasteiger partial charge in [0.25, 0.3) is 0 Å². The van der Waals surface area contributed by atoms with Crippen molar-refractivity contribution in [1.82, 2.24) is 9.13 Å². The van der Waals surface area contributed by atoms with Crippen LogP contribution in [0.15, 0.2) is 474 Å². The van der Waals surface area contributed by atoms with Crippen LogP contribution in [0.4, 0.5) is 45.5 Å². The molecule has 0 aliphatic carbocycles. The third kappa shape index (κ3) is 14.8. The van der Waals surface area contributed by atoms with Crippen molar-refractivity contribution < 1.29 is 4.42 Å². The van der Waals surface area contributed by atoms with Crippen molar-refractivity contribution in [1.29, 1.82) is 0 Å². The summed E-state index contributed by atoms with van der Waals surface area (Å²) in [5.41, 5.74) is 29.5. The lowest BCUT2D eigenvalue weighted by atomic mass is 9.97. The number of rotatable bonds is 15. The van der Waals surface area contributed by atoms with Crippen molar-refractivity contribution in [2.75, 3.05) is 15.1 Å². The molecule has 0 saturated carbocycles. The summed E-state index contributed by atoms with van der Waals surface area (Å²) in [5, 5.41) is 13.0. The van der Waals surface area contributed by atoms with Crippen molar-refractivity contribution in [2.24, 2.45) is 0 Å². The average molecular weight is 1720 g/mol. The van der Waals surface area contributed by atoms with E-state index in [0.29, 0.717) is 0 Å². The van der Waals surface area contributed by atoms with Gasteiger partial charge in [0.15, 0.2) is 0 Å². The van der Waals surface area contributed by atoms with Gasteiger partial charge in [0.2, 0.25) is 0 Å². The molecule has 584 valence electrons. The van der Waals surface area contributed by atoms with E-state index < -0.39 is 0 Å². The summed E-state index contributed by atoms with van der Waals surface area (Å²) >= 11 is 9.18. The molecular formula is C114H77Br2N5OS. The van der Waals surface area contributed by atoms with E-state index in [2.05, 4.69) is 481 Å². The van der Waals surface area contributed by atoms with E-state index in [1.165, 1.54) is 108 Å². The Hall–Kier alpha value is -14.8. The largest absolute Gasteiger partial charge is 0.455 e. The first-order valence-electron chi connectivity index (χ1n) is 41.3. The van der Waals surface area contributed by atoms with Crippen LogP contribution in [0.5, 0.6) is 0 Å². The smallest absolute Gasteiger partial charge is 0.149 e. The van der Waals surface area contributed by atoms with Crippen LogP contribution in [-0.2, 0) is 0 Å². The highest BCUT2D eigenvalue weighted by molar-refractivity contribution is 9.11. The van der Waals surface area contributed by atoms with Gasteiger partial charge in [-0.2, -0.15) is 0 Å². The van der Waals surface area contributed by atoms with Crippen LogP contribution in [-0.4, -0.2) is 9.13 Å². The first-order valence-corrected chi connectivity index (χ1v) is 43.7. The highest BCUT2D eigenvalue weighted by Gasteiger charge is 2.26. The Labute approximate surface area is 734 Å². The Bertz CT molecular complexity index is 7740. The first-order chi connectivity index (χ1) is 60.8. The molecule has 0 aliphatic heterocycles. The fraction of sp³-hybridized carbons (Fsp3) is 0. The Morgan fingerprint density at radius 1 is 0.260 bits per heavy atom. The summed E-state index contributed by atoms with van der Waals surface area (Å²) < 4.78 is 15.4. The second-order valence-corrected chi connectivity index (χ2v) is 33.4. The quantitative estimate of drug-likeness (QED) is 0.111. The molecule has 23 rings (SSSR count). The van der Waals surface area contributed by atoms with E-state index in [0.717, 1.165) is 98.9 Å². The predicted octanol–water partition coefficient (Wildman–Crippen LogP) is 34.1. The number of para-hydroxylation sites is 7. The van der Waals surface area contributed by atoms with Gasteiger partial charge in [0.1, 0.15) is 11.2 Å². The number of anilines is 8. The van der Waals surface area contributed by atoms with Gasteiger partial charge in [0.05, 0.1) is 36.9 Å². The van der Waals surface area contributed by atoms with Gasteiger partial charge in [-0.1, -0.05) is 319 Å². The lowest BCUT2D eigenvalue weighted by Gasteiger charge is -2.30. The molecule has 0 unspecified atom stereocenters. The minimum atomic E-state index is 0.866. The van der Waals surface area contributed by atoms with Crippen LogP contribution in [0.2, 0.25) is 0 Å². The molecule has 0 spiro atoms. The minimum Gasteiger partial charge on any atom is -0.455 e. The standard InChI is InChI=1S/C66H45N3S.C30H17Br2NO.C18H15N/c1-6-19-46(20-7-1)48-33-38-54(39-34-48)67(51-23-10-3-11-24-51)56-44-60-65-57(50-37-42-59-58-29-16-17-31-61(58)69(62(59)43-50)53-27-14-5-15-28-53)30-18-32-64(65)70-66(60)63(45-56)68(52-25-12-4-13-26-52)55-40-35-49(36-41-55)47-21-8-2-9-22-47;31-19-16-24-29-21(10-6-12-28(29)34-30(24)25(32)17-19)18-13-14-23-22-9-4-5-11-26(22)33(27(23)15-18)20-7-2-1-3-8-20;1-3-7-15(8-4-1)16-11-13-18(14-12-16)19-17-9-5-2-6-10-17/h1-45H;1-17H;1-14,19H. The summed E-state index contributed by atoms with van der Waals surface area (Å²) in [6.45, 7) is 0. The van der Waals surface area contributed by atoms with Crippen LogP contribution in [0.1, 0.15) is 0 Å². The van der Waals surface area contributed by atoms with E-state index in [4.69, 9.17) is 4.42 Å². The maximum Gasteiger partial charge on any atom is 0.149 e. The highest BCUT2D eigenvalue weighted by Crippen LogP contribution is 2.52. The number of aromatic nitrogens is 2. The monoisotopic (exact) mass is 1720 g/mol. The van der Waals surface area contributed by atoms with Crippen molar-refractivity contribution in [3.8, 4) is 67.0 Å². The zero-order valence-electron chi connectivity index (χ0n) is 66.7. The third-order valence-corrected chi connectivity index (χ3v) is 25.4. The number of hydrogen-bond donors (Lipinski definition) is 1. The molecule has 0 atom stereocenters. The molecule has 4 heterocycles. The summed E-state index contributed by atoms with van der Waals surface area (Å²) in [7, 11) is 0. The molecule has 0 bridgehead atoms. The molecule has 0 fully saturated rings. The number of thiophene rings is 1. The van der Waals surface area contributed by atoms with Crippen molar-refractivity contribution in [3.63, 3.8) is 0 Å². The van der Waals surface area contributed by atoms with Gasteiger partial charge in [0, 0.05) is 103 Å². The lowest BCUT2D eigenvalue weighted by molar-refractivity contribution is 0.667. The number of fused-ring (bicyclic) bond motifs is 12. The average Bonchev–Trinajstić information content (AvgIpc) is 1.54. The molecule has 0 radical (unpaired) electrons. The Balaban J connectivity index is 0.000000143. The molecule has 123 heavy (non-hydrogen) atoms. The van der Waals surface area contributed by atoms with Gasteiger partial charge in [-0.3, -0.25) is 0 Å².